The summed E-state index contributed by atoms with van der Waals surface area (Å²) in [5, 5.41) is 13.9. The van der Waals surface area contributed by atoms with Crippen LogP contribution in [0.25, 0.3) is 21.8 Å². The number of piperazine rings is 1. The lowest BCUT2D eigenvalue weighted by molar-refractivity contribution is 0.0228. The maximum absolute atomic E-state index is 12.3. The Hall–Kier alpha value is -4.31. The Morgan fingerprint density at radius 1 is 0.738 bits per heavy atom. The summed E-state index contributed by atoms with van der Waals surface area (Å²) < 4.78 is 5.24. The smallest absolute Gasteiger partial charge is 0.410 e. The van der Waals surface area contributed by atoms with Gasteiger partial charge in [0.2, 0.25) is 0 Å². The highest BCUT2D eigenvalue weighted by atomic mass is 16.6. The van der Waals surface area contributed by atoms with Gasteiger partial charge in [-0.1, -0.05) is 0 Å². The maximum Gasteiger partial charge on any atom is 0.410 e. The number of aromatic nitrogens is 2. The van der Waals surface area contributed by atoms with Crippen LogP contribution in [0.15, 0.2) is 60.9 Å². The van der Waals surface area contributed by atoms with Gasteiger partial charge in [-0.15, -0.1) is 0 Å². The van der Waals surface area contributed by atoms with Gasteiger partial charge in [-0.2, -0.15) is 0 Å². The third kappa shape index (κ3) is 8.59. The zero-order chi connectivity index (χ0) is 30.1. The van der Waals surface area contributed by atoms with Gasteiger partial charge in [0.05, 0.1) is 5.56 Å². The molecule has 0 atom stereocenters. The van der Waals surface area contributed by atoms with Gasteiger partial charge in [-0.05, 0) is 88.6 Å². The number of piperidine rings is 1. The van der Waals surface area contributed by atoms with E-state index < -0.39 is 5.97 Å². The molecule has 2 aliphatic heterocycles. The SMILES string of the molecule is CC(C)(C)OC(=O)N1CCNCC1.O=C(O)c1ccc2[nH]ccc2c1.O=C(c1ccc2[nH]ccc2c1)N1CCCCC1. The number of carboxylic acids is 1. The minimum atomic E-state index is -0.891. The molecule has 0 radical (unpaired) electrons. The van der Waals surface area contributed by atoms with Gasteiger partial charge in [0.1, 0.15) is 5.60 Å². The van der Waals surface area contributed by atoms with Gasteiger partial charge >= 0.3 is 12.1 Å². The number of benzene rings is 2. The van der Waals surface area contributed by atoms with Gasteiger partial charge < -0.3 is 34.9 Å². The monoisotopic (exact) mass is 575 g/mol. The largest absolute Gasteiger partial charge is 0.478 e. The fraction of sp³-hybridized carbons (Fsp3) is 0.406. The summed E-state index contributed by atoms with van der Waals surface area (Å²) in [6.45, 7) is 10.7. The van der Waals surface area contributed by atoms with E-state index in [-0.39, 0.29) is 17.6 Å². The molecule has 0 saturated carbocycles. The number of aromatic amines is 2. The zero-order valence-corrected chi connectivity index (χ0v) is 24.6. The van der Waals surface area contributed by atoms with Gasteiger partial charge in [-0.3, -0.25) is 4.79 Å². The first-order chi connectivity index (χ1) is 20.1. The van der Waals surface area contributed by atoms with Crippen molar-refractivity contribution >= 4 is 39.8 Å². The highest BCUT2D eigenvalue weighted by Gasteiger charge is 2.23. The molecule has 0 unspecified atom stereocenters. The summed E-state index contributed by atoms with van der Waals surface area (Å²) in [5.41, 5.74) is 2.78. The molecule has 4 N–H and O–H groups in total. The summed E-state index contributed by atoms with van der Waals surface area (Å²) in [4.78, 5) is 44.2. The topological polar surface area (TPSA) is 131 Å². The lowest BCUT2D eigenvalue weighted by Gasteiger charge is -2.30. The molecule has 2 saturated heterocycles. The van der Waals surface area contributed by atoms with E-state index in [4.69, 9.17) is 9.84 Å². The van der Waals surface area contributed by atoms with E-state index in [0.29, 0.717) is 5.56 Å². The van der Waals surface area contributed by atoms with Crippen molar-refractivity contribution in [3.8, 4) is 0 Å². The van der Waals surface area contributed by atoms with Crippen molar-refractivity contribution in [2.24, 2.45) is 0 Å². The molecular weight excluding hydrogens is 534 g/mol. The molecule has 0 spiro atoms. The number of hydrogen-bond acceptors (Lipinski definition) is 5. The molecule has 10 nitrogen and oxygen atoms in total. The quantitative estimate of drug-likeness (QED) is 0.250. The summed E-state index contributed by atoms with van der Waals surface area (Å²) in [5.74, 6) is -0.717. The van der Waals surface area contributed by atoms with Gasteiger partial charge in [-0.25, -0.2) is 9.59 Å². The second kappa shape index (κ2) is 14.0. The fourth-order valence-electron chi connectivity index (χ4n) is 4.83. The van der Waals surface area contributed by atoms with Crippen molar-refractivity contribution in [1.29, 1.82) is 0 Å². The average molecular weight is 576 g/mol. The molecule has 4 heterocycles. The molecule has 224 valence electrons. The number of hydrogen-bond donors (Lipinski definition) is 4. The molecule has 4 aromatic rings. The fourth-order valence-corrected chi connectivity index (χ4v) is 4.83. The summed E-state index contributed by atoms with van der Waals surface area (Å²) in [7, 11) is 0. The number of nitrogens with zero attached hydrogens (tertiary/aromatic N) is 2. The highest BCUT2D eigenvalue weighted by molar-refractivity contribution is 5.98. The third-order valence-corrected chi connectivity index (χ3v) is 7.01. The molecule has 0 bridgehead atoms. The number of aromatic carboxylic acids is 1. The van der Waals surface area contributed by atoms with Crippen LogP contribution in [0, 0.1) is 0 Å². The summed E-state index contributed by atoms with van der Waals surface area (Å²) in [6.07, 6.45) is 7.02. The second-order valence-corrected chi connectivity index (χ2v) is 11.4. The molecule has 10 heteroatoms. The Morgan fingerprint density at radius 2 is 1.29 bits per heavy atom. The number of carboxylic acid groups (broad SMARTS) is 1. The van der Waals surface area contributed by atoms with Crippen LogP contribution < -0.4 is 5.32 Å². The lowest BCUT2D eigenvalue weighted by Crippen LogP contribution is -2.48. The van der Waals surface area contributed by atoms with Crippen LogP contribution >= 0.6 is 0 Å². The Morgan fingerprint density at radius 3 is 1.83 bits per heavy atom. The zero-order valence-electron chi connectivity index (χ0n) is 24.6. The number of rotatable bonds is 2. The number of likely N-dealkylation sites (tertiary alicyclic amines) is 1. The molecule has 42 heavy (non-hydrogen) atoms. The second-order valence-electron chi connectivity index (χ2n) is 11.4. The average Bonchev–Trinajstić information content (AvgIpc) is 3.66. The van der Waals surface area contributed by atoms with Crippen LogP contribution in [0.4, 0.5) is 4.79 Å². The van der Waals surface area contributed by atoms with Crippen molar-refractivity contribution < 1.29 is 24.2 Å². The molecular formula is C32H41N5O5. The third-order valence-electron chi connectivity index (χ3n) is 7.01. The normalized spacial score (nSPS) is 15.3. The van der Waals surface area contributed by atoms with Crippen LogP contribution in [-0.4, -0.2) is 87.7 Å². The predicted molar refractivity (Wildman–Crippen MR) is 164 cm³/mol. The number of carbonyl (C=O) groups excluding carboxylic acids is 2. The van der Waals surface area contributed by atoms with Crippen molar-refractivity contribution in [3.63, 3.8) is 0 Å². The molecule has 2 aliphatic rings. The van der Waals surface area contributed by atoms with E-state index in [2.05, 4.69) is 15.3 Å². The first-order valence-corrected chi connectivity index (χ1v) is 14.5. The van der Waals surface area contributed by atoms with Crippen molar-refractivity contribution in [2.45, 2.75) is 45.6 Å². The van der Waals surface area contributed by atoms with E-state index in [0.717, 1.165) is 79.5 Å². The van der Waals surface area contributed by atoms with Crippen molar-refractivity contribution in [3.05, 3.63) is 72.1 Å². The number of nitrogens with one attached hydrogen (secondary N) is 3. The molecule has 2 aromatic heterocycles. The highest BCUT2D eigenvalue weighted by Crippen LogP contribution is 2.18. The van der Waals surface area contributed by atoms with E-state index in [1.807, 2.05) is 62.2 Å². The Balaban J connectivity index is 0.000000148. The first kappa shape index (κ1) is 30.6. The van der Waals surface area contributed by atoms with Crippen LogP contribution in [0.1, 0.15) is 60.7 Å². The van der Waals surface area contributed by atoms with Crippen LogP contribution in [0.2, 0.25) is 0 Å². The van der Waals surface area contributed by atoms with E-state index in [9.17, 15) is 14.4 Å². The molecule has 2 aromatic carbocycles. The van der Waals surface area contributed by atoms with Crippen LogP contribution in [-0.2, 0) is 4.74 Å². The molecule has 0 aliphatic carbocycles. The van der Waals surface area contributed by atoms with Crippen LogP contribution in [0.3, 0.4) is 0 Å². The van der Waals surface area contributed by atoms with Crippen LogP contribution in [0.5, 0.6) is 0 Å². The predicted octanol–water partition coefficient (Wildman–Crippen LogP) is 5.49. The van der Waals surface area contributed by atoms with Gasteiger partial charge in [0.15, 0.2) is 0 Å². The number of ether oxygens (including phenoxy) is 1. The Bertz CT molecular complexity index is 1490. The number of H-pyrrole nitrogens is 2. The summed E-state index contributed by atoms with van der Waals surface area (Å²) >= 11 is 0. The summed E-state index contributed by atoms with van der Waals surface area (Å²) in [6, 6.07) is 14.7. The minimum Gasteiger partial charge on any atom is -0.478 e. The Kier molecular flexibility index (Phi) is 10.2. The maximum atomic E-state index is 12.3. The first-order valence-electron chi connectivity index (χ1n) is 14.5. The van der Waals surface area contributed by atoms with E-state index >= 15 is 0 Å². The number of carbonyl (C=O) groups is 3. The standard InChI is InChI=1S/C14H16N2O.C9H18N2O2.C9H7NO2/c17-14(16-8-2-1-3-9-16)12-4-5-13-11(10-12)6-7-15-13;1-9(2,3)13-8(12)11-6-4-10-5-7-11;11-9(12)7-1-2-8-6(5-7)3-4-10-8/h4-7,10,15H,1-3,8-9H2;10H,4-7H2,1-3H3;1-5,10H,(H,11,12). The lowest BCUT2D eigenvalue weighted by atomic mass is 10.1. The van der Waals surface area contributed by atoms with Gasteiger partial charge in [0, 0.05) is 79.0 Å². The molecule has 6 rings (SSSR count). The molecule has 2 fully saturated rings. The molecule has 2 amide bonds. The van der Waals surface area contributed by atoms with Crippen molar-refractivity contribution in [1.82, 2.24) is 25.1 Å². The van der Waals surface area contributed by atoms with E-state index in [1.54, 1.807) is 29.3 Å². The number of fused-ring (bicyclic) bond motifs is 2. The minimum absolute atomic E-state index is 0.174. The number of amides is 2. The Labute approximate surface area is 246 Å². The van der Waals surface area contributed by atoms with Gasteiger partial charge in [0.25, 0.3) is 5.91 Å². The van der Waals surface area contributed by atoms with Crippen molar-refractivity contribution in [2.75, 3.05) is 39.3 Å². The van der Waals surface area contributed by atoms with E-state index in [1.165, 1.54) is 6.42 Å².